The molecule has 1 N–H and O–H groups in total. The van der Waals surface area contributed by atoms with Crippen LogP contribution in [0.2, 0.25) is 0 Å². The van der Waals surface area contributed by atoms with Crippen LogP contribution < -0.4 is 4.90 Å². The number of hydrogen-bond donors (Lipinski definition) is 1. The van der Waals surface area contributed by atoms with Gasteiger partial charge in [0.05, 0.1) is 6.61 Å². The summed E-state index contributed by atoms with van der Waals surface area (Å²) < 4.78 is 0. The van der Waals surface area contributed by atoms with Gasteiger partial charge in [0.2, 0.25) is 0 Å². The van der Waals surface area contributed by atoms with Gasteiger partial charge in [0, 0.05) is 24.3 Å². The maximum atomic E-state index is 10.8. The molecule has 0 spiro atoms. The Labute approximate surface area is 84.0 Å². The molecule has 1 rings (SSSR count). The highest BCUT2D eigenvalue weighted by molar-refractivity contribution is 5.84. The minimum atomic E-state index is 0.0103. The molecule has 0 aliphatic carbocycles. The summed E-state index contributed by atoms with van der Waals surface area (Å²) >= 11 is 0. The van der Waals surface area contributed by atoms with Crippen molar-refractivity contribution in [2.75, 3.05) is 18.6 Å². The quantitative estimate of drug-likeness (QED) is 0.733. The van der Waals surface area contributed by atoms with Crippen LogP contribution in [0.1, 0.15) is 17.3 Å². The first-order valence-corrected chi connectivity index (χ1v) is 4.58. The zero-order chi connectivity index (χ0) is 10.6. The number of aldehydes is 1. The van der Waals surface area contributed by atoms with Crippen molar-refractivity contribution in [2.24, 2.45) is 0 Å². The fourth-order valence-electron chi connectivity index (χ4n) is 1.27. The van der Waals surface area contributed by atoms with Gasteiger partial charge in [-0.15, -0.1) is 0 Å². The lowest BCUT2D eigenvalue weighted by atomic mass is 10.1. The number of para-hydroxylation sites is 1. The van der Waals surface area contributed by atoms with Crippen LogP contribution in [0.25, 0.3) is 0 Å². The largest absolute Gasteiger partial charge is 0.394 e. The number of anilines is 1. The van der Waals surface area contributed by atoms with Crippen molar-refractivity contribution < 1.29 is 9.90 Å². The van der Waals surface area contributed by atoms with Crippen LogP contribution in [0, 0.1) is 0 Å². The van der Waals surface area contributed by atoms with E-state index in [0.29, 0.717) is 5.56 Å². The maximum Gasteiger partial charge on any atom is 0.152 e. The molecule has 0 aliphatic heterocycles. The molecule has 0 heterocycles. The van der Waals surface area contributed by atoms with Crippen molar-refractivity contribution in [3.63, 3.8) is 0 Å². The third kappa shape index (κ3) is 2.12. The number of carbonyl (C=O) groups is 1. The highest BCUT2D eigenvalue weighted by Gasteiger charge is 2.11. The number of rotatable bonds is 4. The Morgan fingerprint density at radius 3 is 2.71 bits per heavy atom. The number of aliphatic hydroxyl groups is 1. The zero-order valence-electron chi connectivity index (χ0n) is 8.47. The molecule has 76 valence electrons. The van der Waals surface area contributed by atoms with Gasteiger partial charge in [-0.2, -0.15) is 0 Å². The van der Waals surface area contributed by atoms with Gasteiger partial charge in [-0.3, -0.25) is 4.79 Å². The molecule has 0 saturated carbocycles. The van der Waals surface area contributed by atoms with Gasteiger partial charge in [-0.05, 0) is 19.1 Å². The number of aliphatic hydroxyl groups excluding tert-OH is 1. The summed E-state index contributed by atoms with van der Waals surface area (Å²) in [5, 5.41) is 9.00. The van der Waals surface area contributed by atoms with Crippen molar-refractivity contribution in [3.05, 3.63) is 29.8 Å². The van der Waals surface area contributed by atoms with Crippen molar-refractivity contribution in [3.8, 4) is 0 Å². The van der Waals surface area contributed by atoms with Gasteiger partial charge in [-0.1, -0.05) is 12.1 Å². The molecule has 14 heavy (non-hydrogen) atoms. The summed E-state index contributed by atoms with van der Waals surface area (Å²) in [5.74, 6) is 0. The van der Waals surface area contributed by atoms with Crippen LogP contribution in [-0.4, -0.2) is 31.1 Å². The van der Waals surface area contributed by atoms with Crippen LogP contribution >= 0.6 is 0 Å². The SMILES string of the molecule is CC(CO)N(C)c1ccccc1C=O. The Morgan fingerprint density at radius 2 is 2.14 bits per heavy atom. The highest BCUT2D eigenvalue weighted by Crippen LogP contribution is 2.18. The fourth-order valence-corrected chi connectivity index (χ4v) is 1.27. The average molecular weight is 193 g/mol. The van der Waals surface area contributed by atoms with E-state index < -0.39 is 0 Å². The van der Waals surface area contributed by atoms with Crippen molar-refractivity contribution in [2.45, 2.75) is 13.0 Å². The van der Waals surface area contributed by atoms with Crippen molar-refractivity contribution in [1.29, 1.82) is 0 Å². The molecule has 0 radical (unpaired) electrons. The molecule has 0 amide bonds. The van der Waals surface area contributed by atoms with Crippen LogP contribution in [0.15, 0.2) is 24.3 Å². The van der Waals surface area contributed by atoms with E-state index >= 15 is 0 Å². The Morgan fingerprint density at radius 1 is 1.50 bits per heavy atom. The molecule has 1 aromatic rings. The third-order valence-electron chi connectivity index (χ3n) is 2.37. The first-order valence-electron chi connectivity index (χ1n) is 4.58. The Bertz CT molecular complexity index is 312. The van der Waals surface area contributed by atoms with Gasteiger partial charge < -0.3 is 10.0 Å². The molecule has 0 aromatic heterocycles. The van der Waals surface area contributed by atoms with E-state index in [-0.39, 0.29) is 12.6 Å². The van der Waals surface area contributed by atoms with Gasteiger partial charge >= 0.3 is 0 Å². The minimum Gasteiger partial charge on any atom is -0.394 e. The monoisotopic (exact) mass is 193 g/mol. The summed E-state index contributed by atoms with van der Waals surface area (Å²) in [5.41, 5.74) is 1.50. The second-order valence-corrected chi connectivity index (χ2v) is 3.32. The summed E-state index contributed by atoms with van der Waals surface area (Å²) in [6.45, 7) is 1.98. The predicted octanol–water partition coefficient (Wildman–Crippen LogP) is 1.32. The molecular weight excluding hydrogens is 178 g/mol. The van der Waals surface area contributed by atoms with Crippen LogP contribution in [0.3, 0.4) is 0 Å². The summed E-state index contributed by atoms with van der Waals surface area (Å²) in [6, 6.07) is 7.35. The Hall–Kier alpha value is -1.35. The van der Waals surface area contributed by atoms with Crippen molar-refractivity contribution >= 4 is 12.0 Å². The van der Waals surface area contributed by atoms with E-state index in [1.807, 2.05) is 37.1 Å². The Balaban J connectivity index is 2.99. The predicted molar refractivity (Wildman–Crippen MR) is 56.8 cm³/mol. The molecule has 3 nitrogen and oxygen atoms in total. The summed E-state index contributed by atoms with van der Waals surface area (Å²) in [4.78, 5) is 12.6. The molecule has 0 aliphatic rings. The van der Waals surface area contributed by atoms with Gasteiger partial charge in [0.25, 0.3) is 0 Å². The molecule has 1 unspecified atom stereocenters. The normalized spacial score (nSPS) is 12.2. The maximum absolute atomic E-state index is 10.8. The van der Waals surface area contributed by atoms with Crippen LogP contribution in [-0.2, 0) is 0 Å². The number of likely N-dealkylation sites (N-methyl/N-ethyl adjacent to an activating group) is 1. The number of nitrogens with zero attached hydrogens (tertiary/aromatic N) is 1. The van der Waals surface area contributed by atoms with E-state index in [2.05, 4.69) is 0 Å². The lowest BCUT2D eigenvalue weighted by Crippen LogP contribution is -2.32. The average Bonchev–Trinajstić information content (AvgIpc) is 2.26. The number of hydrogen-bond acceptors (Lipinski definition) is 3. The first-order chi connectivity index (χ1) is 6.70. The topological polar surface area (TPSA) is 40.5 Å². The molecule has 1 aromatic carbocycles. The molecule has 0 fully saturated rings. The van der Waals surface area contributed by atoms with Gasteiger partial charge in [-0.25, -0.2) is 0 Å². The zero-order valence-corrected chi connectivity index (χ0v) is 8.47. The van der Waals surface area contributed by atoms with E-state index in [1.54, 1.807) is 6.07 Å². The molecular formula is C11H15NO2. The lowest BCUT2D eigenvalue weighted by Gasteiger charge is -2.26. The third-order valence-corrected chi connectivity index (χ3v) is 2.37. The fraction of sp³-hybridized carbons (Fsp3) is 0.364. The van der Waals surface area contributed by atoms with E-state index in [1.165, 1.54) is 0 Å². The first kappa shape index (κ1) is 10.7. The molecule has 3 heteroatoms. The standard InChI is InChI=1S/C11H15NO2/c1-9(7-13)12(2)11-6-4-3-5-10(11)8-14/h3-6,8-9,13H,7H2,1-2H3. The van der Waals surface area contributed by atoms with E-state index in [4.69, 9.17) is 5.11 Å². The molecule has 0 bridgehead atoms. The molecule has 0 saturated heterocycles. The van der Waals surface area contributed by atoms with E-state index in [0.717, 1.165) is 12.0 Å². The van der Waals surface area contributed by atoms with Gasteiger partial charge in [0.15, 0.2) is 6.29 Å². The number of benzene rings is 1. The Kier molecular flexibility index (Phi) is 3.65. The second-order valence-electron chi connectivity index (χ2n) is 3.32. The van der Waals surface area contributed by atoms with Crippen LogP contribution in [0.5, 0.6) is 0 Å². The molecule has 1 atom stereocenters. The number of carbonyl (C=O) groups excluding carboxylic acids is 1. The highest BCUT2D eigenvalue weighted by atomic mass is 16.3. The van der Waals surface area contributed by atoms with Crippen LogP contribution in [0.4, 0.5) is 5.69 Å². The smallest absolute Gasteiger partial charge is 0.152 e. The second kappa shape index (κ2) is 4.77. The van der Waals surface area contributed by atoms with Gasteiger partial charge in [0.1, 0.15) is 0 Å². The summed E-state index contributed by atoms with van der Waals surface area (Å²) in [7, 11) is 1.86. The van der Waals surface area contributed by atoms with Crippen molar-refractivity contribution in [1.82, 2.24) is 0 Å². The van der Waals surface area contributed by atoms with E-state index in [9.17, 15) is 4.79 Å². The summed E-state index contributed by atoms with van der Waals surface area (Å²) in [6.07, 6.45) is 0.829. The lowest BCUT2D eigenvalue weighted by molar-refractivity contribution is 0.112. The minimum absolute atomic E-state index is 0.0103.